The summed E-state index contributed by atoms with van der Waals surface area (Å²) in [4.78, 5) is 35.3. The smallest absolute Gasteiger partial charge is 0.328 e. The molecule has 0 radical (unpaired) electrons. The molecule has 1 N–H and O–H groups in total. The number of ether oxygens (including phenoxy) is 2. The number of carbonyl (C=O) groups excluding carboxylic acids is 2. The molecule has 0 bridgehead atoms. The Morgan fingerprint density at radius 2 is 2.00 bits per heavy atom. The molecule has 0 fully saturated rings. The van der Waals surface area contributed by atoms with Gasteiger partial charge in [-0.3, -0.25) is 9.59 Å². The van der Waals surface area contributed by atoms with Gasteiger partial charge in [0.2, 0.25) is 5.91 Å². The van der Waals surface area contributed by atoms with E-state index < -0.39 is 23.5 Å². The van der Waals surface area contributed by atoms with E-state index in [0.717, 1.165) is 10.2 Å². The summed E-state index contributed by atoms with van der Waals surface area (Å²) >= 11 is 0. The Kier molecular flexibility index (Phi) is 5.89. The van der Waals surface area contributed by atoms with Crippen molar-refractivity contribution in [3.05, 3.63) is 46.8 Å². The van der Waals surface area contributed by atoms with E-state index in [9.17, 15) is 14.4 Å². The molecule has 25 heavy (non-hydrogen) atoms. The first-order valence-electron chi connectivity index (χ1n) is 7.54. The Morgan fingerprint density at radius 3 is 2.68 bits per heavy atom. The summed E-state index contributed by atoms with van der Waals surface area (Å²) in [7, 11) is 2.79. The molecule has 0 spiro atoms. The van der Waals surface area contributed by atoms with Crippen LogP contribution in [0.3, 0.4) is 0 Å². The summed E-state index contributed by atoms with van der Waals surface area (Å²) in [5, 5.41) is 6.65. The fourth-order valence-corrected chi connectivity index (χ4v) is 2.16. The molecule has 0 unspecified atom stereocenters. The summed E-state index contributed by atoms with van der Waals surface area (Å²) in [5.41, 5.74) is 0.844. The van der Waals surface area contributed by atoms with E-state index in [1.54, 1.807) is 31.4 Å². The van der Waals surface area contributed by atoms with Crippen LogP contribution in [0, 0.1) is 0 Å². The van der Waals surface area contributed by atoms with Crippen LogP contribution in [0.25, 0.3) is 11.3 Å². The zero-order valence-corrected chi connectivity index (χ0v) is 14.2. The molecule has 1 amide bonds. The summed E-state index contributed by atoms with van der Waals surface area (Å²) in [6, 6.07) is 9.28. The van der Waals surface area contributed by atoms with Crippen molar-refractivity contribution in [3.63, 3.8) is 0 Å². The first-order chi connectivity index (χ1) is 11.9. The predicted molar refractivity (Wildman–Crippen MR) is 90.1 cm³/mol. The van der Waals surface area contributed by atoms with Crippen molar-refractivity contribution in [2.75, 3.05) is 14.2 Å². The number of carbonyl (C=O) groups is 2. The predicted octanol–water partition coefficient (Wildman–Crippen LogP) is 0.597. The van der Waals surface area contributed by atoms with Gasteiger partial charge in [-0.25, -0.2) is 9.48 Å². The summed E-state index contributed by atoms with van der Waals surface area (Å²) in [5.74, 6) is -0.434. The lowest BCUT2D eigenvalue weighted by Crippen LogP contribution is -2.42. The highest BCUT2D eigenvalue weighted by atomic mass is 16.5. The molecule has 132 valence electrons. The molecule has 8 heteroatoms. The van der Waals surface area contributed by atoms with Gasteiger partial charge in [-0.2, -0.15) is 5.10 Å². The summed E-state index contributed by atoms with van der Waals surface area (Å²) < 4.78 is 10.7. The molecule has 0 saturated carbocycles. The van der Waals surface area contributed by atoms with E-state index in [4.69, 9.17) is 4.74 Å². The van der Waals surface area contributed by atoms with E-state index in [1.165, 1.54) is 20.1 Å². The van der Waals surface area contributed by atoms with Crippen molar-refractivity contribution >= 4 is 11.9 Å². The number of benzene rings is 1. The summed E-state index contributed by atoms with van der Waals surface area (Å²) in [6.45, 7) is 1.19. The molecule has 8 nitrogen and oxygen atoms in total. The van der Waals surface area contributed by atoms with Crippen molar-refractivity contribution in [1.29, 1.82) is 0 Å². The Bertz CT molecular complexity index is 831. The molecule has 1 aromatic heterocycles. The minimum atomic E-state index is -0.810. The van der Waals surface area contributed by atoms with E-state index in [2.05, 4.69) is 15.2 Å². The first-order valence-corrected chi connectivity index (χ1v) is 7.54. The molecule has 0 aliphatic rings. The zero-order chi connectivity index (χ0) is 18.4. The molecule has 2 rings (SSSR count). The Balaban J connectivity index is 2.20. The van der Waals surface area contributed by atoms with E-state index in [1.807, 2.05) is 6.07 Å². The second-order valence-electron chi connectivity index (χ2n) is 5.26. The second-order valence-corrected chi connectivity index (χ2v) is 5.26. The van der Waals surface area contributed by atoms with Crippen molar-refractivity contribution in [2.24, 2.45) is 0 Å². The number of hydrogen-bond donors (Lipinski definition) is 1. The van der Waals surface area contributed by atoms with Crippen LogP contribution >= 0.6 is 0 Å². The minimum absolute atomic E-state index is 0.308. The van der Waals surface area contributed by atoms with Crippen LogP contribution in [0.5, 0.6) is 5.75 Å². The van der Waals surface area contributed by atoms with Gasteiger partial charge in [-0.1, -0.05) is 12.1 Å². The van der Waals surface area contributed by atoms with Crippen molar-refractivity contribution in [2.45, 2.75) is 19.5 Å². The van der Waals surface area contributed by atoms with Gasteiger partial charge in [0.05, 0.1) is 19.9 Å². The van der Waals surface area contributed by atoms with Crippen LogP contribution < -0.4 is 15.6 Å². The highest BCUT2D eigenvalue weighted by Gasteiger charge is 2.16. The first kappa shape index (κ1) is 18.2. The maximum atomic E-state index is 12.0. The maximum Gasteiger partial charge on any atom is 0.328 e. The lowest BCUT2D eigenvalue weighted by Gasteiger charge is -2.12. The monoisotopic (exact) mass is 345 g/mol. The van der Waals surface area contributed by atoms with Crippen LogP contribution in [0.2, 0.25) is 0 Å². The van der Waals surface area contributed by atoms with Gasteiger partial charge in [0.1, 0.15) is 18.3 Å². The van der Waals surface area contributed by atoms with Crippen LogP contribution in [-0.2, 0) is 20.9 Å². The van der Waals surface area contributed by atoms with Crippen LogP contribution in [0.15, 0.2) is 41.2 Å². The van der Waals surface area contributed by atoms with Crippen LogP contribution in [0.4, 0.5) is 0 Å². The fraction of sp³-hybridized carbons (Fsp3) is 0.294. The number of rotatable bonds is 6. The lowest BCUT2D eigenvalue weighted by atomic mass is 10.1. The molecule has 0 aliphatic carbocycles. The SMILES string of the molecule is COC(=O)[C@@H](C)NC(=O)Cn1nc(-c2cccc(OC)c2)ccc1=O. The molecule has 1 atom stereocenters. The molecule has 0 saturated heterocycles. The number of aromatic nitrogens is 2. The quantitative estimate of drug-likeness (QED) is 0.770. The molecular formula is C17H19N3O5. The number of nitrogens with one attached hydrogen (secondary N) is 1. The minimum Gasteiger partial charge on any atom is -0.497 e. The molecule has 1 aromatic carbocycles. The summed E-state index contributed by atoms with van der Waals surface area (Å²) in [6.07, 6.45) is 0. The molecule has 1 heterocycles. The molecule has 0 aliphatic heterocycles. The Hall–Kier alpha value is -3.16. The standard InChI is InChI=1S/C17H19N3O5/c1-11(17(23)25-3)18-15(21)10-20-16(22)8-7-14(19-20)12-5-4-6-13(9-12)24-2/h4-9,11H,10H2,1-3H3,(H,18,21)/t11-/m1/s1. The van der Waals surface area contributed by atoms with Crippen molar-refractivity contribution in [3.8, 4) is 17.0 Å². The molecule has 2 aromatic rings. The number of esters is 1. The third-order valence-electron chi connectivity index (χ3n) is 3.46. The number of nitrogens with zero attached hydrogens (tertiary/aromatic N) is 2. The van der Waals surface area contributed by atoms with E-state index >= 15 is 0 Å². The second kappa shape index (κ2) is 8.09. The average molecular weight is 345 g/mol. The number of hydrogen-bond acceptors (Lipinski definition) is 6. The van der Waals surface area contributed by atoms with Crippen LogP contribution in [-0.4, -0.2) is 41.9 Å². The highest BCUT2D eigenvalue weighted by Crippen LogP contribution is 2.20. The third-order valence-corrected chi connectivity index (χ3v) is 3.46. The van der Waals surface area contributed by atoms with Gasteiger partial charge in [0, 0.05) is 11.6 Å². The van der Waals surface area contributed by atoms with Crippen molar-refractivity contribution in [1.82, 2.24) is 15.1 Å². The van der Waals surface area contributed by atoms with Gasteiger partial charge < -0.3 is 14.8 Å². The maximum absolute atomic E-state index is 12.0. The van der Waals surface area contributed by atoms with Gasteiger partial charge in [0.25, 0.3) is 5.56 Å². The van der Waals surface area contributed by atoms with Crippen molar-refractivity contribution < 1.29 is 19.1 Å². The Labute approximate surface area is 144 Å². The molecular weight excluding hydrogens is 326 g/mol. The van der Waals surface area contributed by atoms with Gasteiger partial charge in [-0.15, -0.1) is 0 Å². The van der Waals surface area contributed by atoms with Gasteiger partial charge in [-0.05, 0) is 25.1 Å². The average Bonchev–Trinajstić information content (AvgIpc) is 2.62. The lowest BCUT2D eigenvalue weighted by molar-refractivity contribution is -0.144. The highest BCUT2D eigenvalue weighted by molar-refractivity contribution is 5.83. The number of methoxy groups -OCH3 is 2. The Morgan fingerprint density at radius 1 is 1.24 bits per heavy atom. The van der Waals surface area contributed by atoms with E-state index in [0.29, 0.717) is 11.4 Å². The van der Waals surface area contributed by atoms with Crippen LogP contribution in [0.1, 0.15) is 6.92 Å². The third kappa shape index (κ3) is 4.66. The fourth-order valence-electron chi connectivity index (χ4n) is 2.16. The normalized spacial score (nSPS) is 11.5. The largest absolute Gasteiger partial charge is 0.497 e. The topological polar surface area (TPSA) is 99.5 Å². The van der Waals surface area contributed by atoms with Gasteiger partial charge >= 0.3 is 5.97 Å². The zero-order valence-electron chi connectivity index (χ0n) is 14.2. The van der Waals surface area contributed by atoms with Gasteiger partial charge in [0.15, 0.2) is 0 Å². The number of amides is 1. The van der Waals surface area contributed by atoms with E-state index in [-0.39, 0.29) is 6.54 Å².